The SMILES string of the molecule is CCCC[C@H](SCc1occc1N)C(C)=O. The highest BCUT2D eigenvalue weighted by Gasteiger charge is 2.15. The molecule has 2 N–H and O–H groups in total. The standard InChI is InChI=1S/C12H19NO2S/c1-3-4-5-12(9(2)14)16-8-11-10(13)6-7-15-11/h6-7,12H,3-5,8,13H2,1-2H3/t12-/m0/s1. The number of nitrogens with two attached hydrogens (primary N) is 1. The molecule has 0 aliphatic heterocycles. The molecule has 3 nitrogen and oxygen atoms in total. The van der Waals surface area contributed by atoms with Gasteiger partial charge in [0, 0.05) is 0 Å². The summed E-state index contributed by atoms with van der Waals surface area (Å²) in [6.45, 7) is 3.78. The van der Waals surface area contributed by atoms with E-state index in [2.05, 4.69) is 6.92 Å². The van der Waals surface area contributed by atoms with Crippen molar-refractivity contribution in [3.8, 4) is 0 Å². The number of nitrogen functional groups attached to an aromatic ring is 1. The van der Waals surface area contributed by atoms with Crippen molar-refractivity contribution in [2.75, 3.05) is 5.73 Å². The molecule has 0 saturated heterocycles. The fourth-order valence-electron chi connectivity index (χ4n) is 1.44. The molecule has 16 heavy (non-hydrogen) atoms. The summed E-state index contributed by atoms with van der Waals surface area (Å²) in [6, 6.07) is 1.74. The second kappa shape index (κ2) is 6.63. The highest BCUT2D eigenvalue weighted by molar-refractivity contribution is 7.99. The molecule has 0 saturated carbocycles. The van der Waals surface area contributed by atoms with E-state index >= 15 is 0 Å². The summed E-state index contributed by atoms with van der Waals surface area (Å²) >= 11 is 1.62. The van der Waals surface area contributed by atoms with Crippen molar-refractivity contribution in [2.45, 2.75) is 44.1 Å². The molecule has 1 aromatic rings. The minimum Gasteiger partial charge on any atom is -0.466 e. The summed E-state index contributed by atoms with van der Waals surface area (Å²) in [7, 11) is 0. The van der Waals surface area contributed by atoms with E-state index in [0.717, 1.165) is 25.0 Å². The van der Waals surface area contributed by atoms with E-state index in [4.69, 9.17) is 10.2 Å². The molecule has 0 bridgehead atoms. The number of unbranched alkanes of at least 4 members (excludes halogenated alkanes) is 1. The van der Waals surface area contributed by atoms with Crippen LogP contribution in [0.4, 0.5) is 5.69 Å². The smallest absolute Gasteiger partial charge is 0.142 e. The average Bonchev–Trinajstić information content (AvgIpc) is 2.64. The lowest BCUT2D eigenvalue weighted by molar-refractivity contribution is -0.116. The third kappa shape index (κ3) is 3.93. The molecular weight excluding hydrogens is 222 g/mol. The van der Waals surface area contributed by atoms with Gasteiger partial charge in [-0.05, 0) is 19.4 Å². The van der Waals surface area contributed by atoms with Crippen molar-refractivity contribution in [2.24, 2.45) is 0 Å². The largest absolute Gasteiger partial charge is 0.466 e. The van der Waals surface area contributed by atoms with E-state index in [1.165, 1.54) is 0 Å². The molecule has 0 unspecified atom stereocenters. The lowest BCUT2D eigenvalue weighted by atomic mass is 10.1. The normalized spacial score (nSPS) is 12.6. The van der Waals surface area contributed by atoms with Crippen LogP contribution >= 0.6 is 11.8 Å². The first kappa shape index (κ1) is 13.2. The molecule has 1 heterocycles. The third-order valence-corrected chi connectivity index (χ3v) is 3.87. The molecule has 1 rings (SSSR count). The number of thioether (sulfide) groups is 1. The van der Waals surface area contributed by atoms with Gasteiger partial charge >= 0.3 is 0 Å². The van der Waals surface area contributed by atoms with Gasteiger partial charge in [0.05, 0.1) is 23.0 Å². The van der Waals surface area contributed by atoms with E-state index in [9.17, 15) is 4.79 Å². The minimum atomic E-state index is 0.0736. The first-order chi connectivity index (χ1) is 7.65. The summed E-state index contributed by atoms with van der Waals surface area (Å²) in [6.07, 6.45) is 4.73. The third-order valence-electron chi connectivity index (χ3n) is 2.47. The average molecular weight is 241 g/mol. The molecular formula is C12H19NO2S. The number of carbonyl (C=O) groups is 1. The van der Waals surface area contributed by atoms with E-state index in [0.29, 0.717) is 11.4 Å². The summed E-state index contributed by atoms with van der Waals surface area (Å²) in [5.41, 5.74) is 6.38. The highest BCUT2D eigenvalue weighted by Crippen LogP contribution is 2.26. The number of rotatable bonds is 7. The summed E-state index contributed by atoms with van der Waals surface area (Å²) in [5, 5.41) is 0.0736. The second-order valence-corrected chi connectivity index (χ2v) is 5.04. The number of anilines is 1. The Balaban J connectivity index is 2.44. The maximum absolute atomic E-state index is 11.4. The zero-order valence-corrected chi connectivity index (χ0v) is 10.7. The number of carbonyl (C=O) groups excluding carboxylic acids is 1. The van der Waals surface area contributed by atoms with Crippen LogP contribution in [0.15, 0.2) is 16.7 Å². The van der Waals surface area contributed by atoms with Gasteiger partial charge in [-0.15, -0.1) is 11.8 Å². The molecule has 0 spiro atoms. The van der Waals surface area contributed by atoms with Crippen molar-refractivity contribution in [1.82, 2.24) is 0 Å². The summed E-state index contributed by atoms with van der Waals surface area (Å²) in [5.74, 6) is 1.68. The van der Waals surface area contributed by atoms with E-state index in [1.807, 2.05) is 0 Å². The molecule has 0 amide bonds. The molecule has 0 aromatic carbocycles. The van der Waals surface area contributed by atoms with Crippen LogP contribution in [-0.4, -0.2) is 11.0 Å². The van der Waals surface area contributed by atoms with Gasteiger partial charge in [0.15, 0.2) is 0 Å². The van der Waals surface area contributed by atoms with Crippen molar-refractivity contribution in [3.05, 3.63) is 18.1 Å². The monoisotopic (exact) mass is 241 g/mol. The van der Waals surface area contributed by atoms with Crippen molar-refractivity contribution >= 4 is 23.2 Å². The molecule has 0 aliphatic carbocycles. The van der Waals surface area contributed by atoms with Gasteiger partial charge < -0.3 is 10.2 Å². The van der Waals surface area contributed by atoms with Crippen LogP contribution in [0.5, 0.6) is 0 Å². The van der Waals surface area contributed by atoms with Crippen molar-refractivity contribution < 1.29 is 9.21 Å². The van der Waals surface area contributed by atoms with Crippen LogP contribution < -0.4 is 5.73 Å². The Hall–Kier alpha value is -0.900. The van der Waals surface area contributed by atoms with E-state index in [1.54, 1.807) is 31.0 Å². The molecule has 1 atom stereocenters. The zero-order valence-electron chi connectivity index (χ0n) is 9.86. The maximum Gasteiger partial charge on any atom is 0.142 e. The van der Waals surface area contributed by atoms with Gasteiger partial charge in [-0.25, -0.2) is 0 Å². The fraction of sp³-hybridized carbons (Fsp3) is 0.583. The Morgan fingerprint density at radius 3 is 2.88 bits per heavy atom. The Morgan fingerprint density at radius 1 is 1.62 bits per heavy atom. The van der Waals surface area contributed by atoms with Crippen LogP contribution in [0.1, 0.15) is 38.9 Å². The first-order valence-electron chi connectivity index (χ1n) is 5.59. The van der Waals surface area contributed by atoms with Crippen LogP contribution in [0.3, 0.4) is 0 Å². The zero-order chi connectivity index (χ0) is 12.0. The van der Waals surface area contributed by atoms with Gasteiger partial charge in [-0.1, -0.05) is 19.8 Å². The van der Waals surface area contributed by atoms with Gasteiger partial charge in [-0.2, -0.15) is 0 Å². The molecule has 4 heteroatoms. The number of furan rings is 1. The van der Waals surface area contributed by atoms with E-state index in [-0.39, 0.29) is 11.0 Å². The molecule has 0 radical (unpaired) electrons. The highest BCUT2D eigenvalue weighted by atomic mass is 32.2. The minimum absolute atomic E-state index is 0.0736. The molecule has 0 fully saturated rings. The lowest BCUT2D eigenvalue weighted by Gasteiger charge is -2.11. The Labute approximate surface area is 101 Å². The second-order valence-electron chi connectivity index (χ2n) is 3.85. The molecule has 0 aliphatic rings. The van der Waals surface area contributed by atoms with E-state index < -0.39 is 0 Å². The first-order valence-corrected chi connectivity index (χ1v) is 6.64. The Bertz CT molecular complexity index is 336. The van der Waals surface area contributed by atoms with Crippen LogP contribution in [0, 0.1) is 0 Å². The van der Waals surface area contributed by atoms with Crippen molar-refractivity contribution in [1.29, 1.82) is 0 Å². The number of Topliss-reactive ketones (excluding diaryl/α,β-unsaturated/α-hetero) is 1. The Morgan fingerprint density at radius 2 is 2.38 bits per heavy atom. The van der Waals surface area contributed by atoms with Crippen LogP contribution in [0.25, 0.3) is 0 Å². The van der Waals surface area contributed by atoms with Crippen molar-refractivity contribution in [3.63, 3.8) is 0 Å². The maximum atomic E-state index is 11.4. The number of ketones is 1. The van der Waals surface area contributed by atoms with Crippen LogP contribution in [0.2, 0.25) is 0 Å². The van der Waals surface area contributed by atoms with Gasteiger partial charge in [0.2, 0.25) is 0 Å². The fourth-order valence-corrected chi connectivity index (χ4v) is 2.59. The quantitative estimate of drug-likeness (QED) is 0.796. The van der Waals surface area contributed by atoms with Gasteiger partial charge in [0.1, 0.15) is 11.5 Å². The van der Waals surface area contributed by atoms with Crippen LogP contribution in [-0.2, 0) is 10.5 Å². The lowest BCUT2D eigenvalue weighted by Crippen LogP contribution is -2.13. The molecule has 1 aromatic heterocycles. The predicted molar refractivity (Wildman–Crippen MR) is 68.4 cm³/mol. The predicted octanol–water partition coefficient (Wildman–Crippen LogP) is 3.24. The number of hydrogen-bond acceptors (Lipinski definition) is 4. The summed E-state index contributed by atoms with van der Waals surface area (Å²) < 4.78 is 5.24. The van der Waals surface area contributed by atoms with Gasteiger partial charge in [0.25, 0.3) is 0 Å². The van der Waals surface area contributed by atoms with Gasteiger partial charge in [-0.3, -0.25) is 4.79 Å². The molecule has 90 valence electrons. The number of hydrogen-bond donors (Lipinski definition) is 1. The Kier molecular flexibility index (Phi) is 5.46. The topological polar surface area (TPSA) is 56.2 Å². The summed E-state index contributed by atoms with van der Waals surface area (Å²) in [4.78, 5) is 11.4.